The molecule has 0 radical (unpaired) electrons. The van der Waals surface area contributed by atoms with Gasteiger partial charge in [0.1, 0.15) is 11.4 Å². The number of ether oxygens (including phenoxy) is 1. The highest BCUT2D eigenvalue weighted by Gasteiger charge is 2.30. The minimum Gasteiger partial charge on any atom is -0.588 e. The van der Waals surface area contributed by atoms with Crippen molar-refractivity contribution in [1.29, 1.82) is 0 Å². The predicted molar refractivity (Wildman–Crippen MR) is 158 cm³/mol. The van der Waals surface area contributed by atoms with Gasteiger partial charge in [0.05, 0.1) is 12.3 Å². The lowest BCUT2D eigenvalue weighted by Crippen LogP contribution is -2.42. The first-order chi connectivity index (χ1) is 19.5. The molecule has 2 aliphatic heterocycles. The molecule has 1 saturated heterocycles. The van der Waals surface area contributed by atoms with E-state index < -0.39 is 11.4 Å². The van der Waals surface area contributed by atoms with E-state index in [0.717, 1.165) is 66.2 Å². The van der Waals surface area contributed by atoms with Crippen molar-refractivity contribution in [1.82, 2.24) is 19.9 Å². The second kappa shape index (κ2) is 12.0. The highest BCUT2D eigenvalue weighted by atomic mass is 32.2. The van der Waals surface area contributed by atoms with Crippen LogP contribution in [-0.4, -0.2) is 44.1 Å². The molecule has 8 heteroatoms. The number of rotatable bonds is 3. The van der Waals surface area contributed by atoms with Crippen LogP contribution in [0.2, 0.25) is 0 Å². The van der Waals surface area contributed by atoms with Gasteiger partial charge in [0.25, 0.3) is 5.95 Å². The number of nitrogens with zero attached hydrogens (tertiary/aromatic N) is 4. The predicted octanol–water partition coefficient (Wildman–Crippen LogP) is 5.75. The number of benzene rings is 2. The molecule has 0 aliphatic carbocycles. The number of fused-ring (bicyclic) bond motifs is 5. The van der Waals surface area contributed by atoms with Crippen molar-refractivity contribution in [3.8, 4) is 17.1 Å². The Kier molecular flexibility index (Phi) is 8.00. The second-order valence-corrected chi connectivity index (χ2v) is 12.2. The molecular formula is C32H35N5O2S. The summed E-state index contributed by atoms with van der Waals surface area (Å²) in [5.74, 6) is 1.69. The van der Waals surface area contributed by atoms with Crippen LogP contribution in [0.5, 0.6) is 5.88 Å². The van der Waals surface area contributed by atoms with Gasteiger partial charge >= 0.3 is 0 Å². The quantitative estimate of drug-likeness (QED) is 0.323. The van der Waals surface area contributed by atoms with Crippen molar-refractivity contribution in [2.75, 3.05) is 24.4 Å². The summed E-state index contributed by atoms with van der Waals surface area (Å²) in [7, 11) is 0. The van der Waals surface area contributed by atoms with Gasteiger partial charge in [-0.05, 0) is 86.0 Å². The summed E-state index contributed by atoms with van der Waals surface area (Å²) < 4.78 is 22.8. The van der Waals surface area contributed by atoms with Gasteiger partial charge < -0.3 is 9.29 Å². The van der Waals surface area contributed by atoms with Crippen LogP contribution in [-0.2, 0) is 24.3 Å². The maximum atomic E-state index is 13.3. The zero-order chi connectivity index (χ0) is 27.5. The number of aryl methyl sites for hydroxylation is 3. The molecule has 6 rings (SSSR count). The molecule has 2 unspecified atom stereocenters. The van der Waals surface area contributed by atoms with Gasteiger partial charge in [0.15, 0.2) is 4.90 Å². The van der Waals surface area contributed by atoms with Crippen LogP contribution in [0.25, 0.3) is 11.3 Å². The molecule has 4 heterocycles. The Bertz CT molecular complexity index is 1450. The zero-order valence-corrected chi connectivity index (χ0v) is 23.9. The van der Waals surface area contributed by atoms with E-state index in [1.165, 1.54) is 11.1 Å². The van der Waals surface area contributed by atoms with Crippen LogP contribution in [0.15, 0.2) is 78.0 Å². The summed E-state index contributed by atoms with van der Waals surface area (Å²) in [5.41, 5.74) is 6.49. The van der Waals surface area contributed by atoms with Crippen molar-refractivity contribution >= 4 is 17.3 Å². The first kappa shape index (κ1) is 26.7. The van der Waals surface area contributed by atoms with Crippen molar-refractivity contribution in [2.45, 2.75) is 44.6 Å². The SMILES string of the molecule is Cc1cccc(C)c1-c1cc2nc(n1)N[S+]([O-])c1cccc(c1)CCC1CCN(Cc3cccnc3)C[C@@H]1CO2. The molecule has 3 atom stereocenters. The fourth-order valence-electron chi connectivity index (χ4n) is 6.01. The van der Waals surface area contributed by atoms with Gasteiger partial charge in [0.2, 0.25) is 5.88 Å². The summed E-state index contributed by atoms with van der Waals surface area (Å²) in [6, 6.07) is 20.3. The molecule has 1 N–H and O–H groups in total. The molecule has 40 heavy (non-hydrogen) atoms. The normalized spacial score (nSPS) is 21.4. The van der Waals surface area contributed by atoms with E-state index in [9.17, 15) is 4.55 Å². The smallest absolute Gasteiger partial charge is 0.269 e. The number of aromatic nitrogens is 3. The Morgan fingerprint density at radius 1 is 1.00 bits per heavy atom. The van der Waals surface area contributed by atoms with Crippen molar-refractivity contribution in [3.05, 3.63) is 95.3 Å². The van der Waals surface area contributed by atoms with Crippen LogP contribution in [0, 0.1) is 25.7 Å². The lowest BCUT2D eigenvalue weighted by Gasteiger charge is -2.38. The van der Waals surface area contributed by atoms with E-state index in [4.69, 9.17) is 9.72 Å². The summed E-state index contributed by atoms with van der Waals surface area (Å²) in [4.78, 5) is 17.0. The van der Waals surface area contributed by atoms with Gasteiger partial charge in [0, 0.05) is 43.0 Å². The molecule has 1 fully saturated rings. The second-order valence-electron chi connectivity index (χ2n) is 11.0. The van der Waals surface area contributed by atoms with E-state index >= 15 is 0 Å². The first-order valence-electron chi connectivity index (χ1n) is 14.0. The summed E-state index contributed by atoms with van der Waals surface area (Å²) in [6.45, 7) is 7.64. The molecule has 2 aromatic heterocycles. The van der Waals surface area contributed by atoms with E-state index in [0.29, 0.717) is 30.3 Å². The van der Waals surface area contributed by atoms with Crippen LogP contribution < -0.4 is 9.46 Å². The Morgan fingerprint density at radius 2 is 1.85 bits per heavy atom. The van der Waals surface area contributed by atoms with Gasteiger partial charge in [-0.25, -0.2) is 4.98 Å². The van der Waals surface area contributed by atoms with Gasteiger partial charge in [-0.1, -0.05) is 36.4 Å². The summed E-state index contributed by atoms with van der Waals surface area (Å²) in [5, 5.41) is 0. The van der Waals surface area contributed by atoms with E-state index in [1.54, 1.807) is 0 Å². The molecule has 0 amide bonds. The number of piperidine rings is 1. The van der Waals surface area contributed by atoms with Crippen LogP contribution in [0.1, 0.15) is 35.1 Å². The Labute approximate surface area is 239 Å². The third-order valence-electron chi connectivity index (χ3n) is 8.09. The van der Waals surface area contributed by atoms with E-state index in [2.05, 4.69) is 57.7 Å². The number of pyridine rings is 1. The maximum Gasteiger partial charge on any atom is 0.269 e. The Hall–Kier alpha value is -3.46. The summed E-state index contributed by atoms with van der Waals surface area (Å²) in [6.07, 6.45) is 6.92. The molecule has 7 nitrogen and oxygen atoms in total. The first-order valence-corrected chi connectivity index (χ1v) is 15.1. The monoisotopic (exact) mass is 553 g/mol. The Morgan fingerprint density at radius 3 is 2.67 bits per heavy atom. The molecule has 0 spiro atoms. The average molecular weight is 554 g/mol. The lowest BCUT2D eigenvalue weighted by molar-refractivity contribution is 0.0707. The fourth-order valence-corrected chi connectivity index (χ4v) is 6.85. The molecule has 0 saturated carbocycles. The summed E-state index contributed by atoms with van der Waals surface area (Å²) >= 11 is -1.49. The zero-order valence-electron chi connectivity index (χ0n) is 23.0. The van der Waals surface area contributed by atoms with Crippen LogP contribution >= 0.6 is 0 Å². The van der Waals surface area contributed by atoms with E-state index in [1.807, 2.05) is 48.8 Å². The minimum absolute atomic E-state index is 0.300. The largest absolute Gasteiger partial charge is 0.588 e. The molecule has 2 aromatic carbocycles. The van der Waals surface area contributed by atoms with Gasteiger partial charge in [-0.3, -0.25) is 9.88 Å². The minimum atomic E-state index is -1.49. The number of anilines is 1. The topological polar surface area (TPSA) is 86.2 Å². The highest BCUT2D eigenvalue weighted by Crippen LogP contribution is 2.33. The number of hydrogen-bond acceptors (Lipinski definition) is 7. The van der Waals surface area contributed by atoms with E-state index in [-0.39, 0.29) is 0 Å². The fraction of sp³-hybridized carbons (Fsp3) is 0.344. The maximum absolute atomic E-state index is 13.3. The molecular weight excluding hydrogens is 518 g/mol. The van der Waals surface area contributed by atoms with Crippen LogP contribution in [0.4, 0.5) is 5.95 Å². The number of likely N-dealkylation sites (tertiary alicyclic amines) is 1. The number of hydrogen-bond donors (Lipinski definition) is 1. The standard InChI is InChI=1S/C32H35N5O2S/c1-22-6-3-7-23(2)31(22)29-17-30-35-32(34-29)36-40(38)28-10-4-8-24(16-28)11-12-26-13-15-37(20-27(26)21-39-30)19-25-9-5-14-33-18-25/h3-10,14,16-18,26-27H,11-13,15,19-21H2,1-2H3,(H,34,35,36)/t26?,27-,40?/m1/s1. The van der Waals surface area contributed by atoms with Gasteiger partial charge in [-0.15, -0.1) is 0 Å². The lowest BCUT2D eigenvalue weighted by atomic mass is 9.82. The van der Waals surface area contributed by atoms with Crippen molar-refractivity contribution in [2.24, 2.45) is 11.8 Å². The number of nitrogens with one attached hydrogen (secondary N) is 1. The Balaban J connectivity index is 1.34. The molecule has 2 aliphatic rings. The highest BCUT2D eigenvalue weighted by molar-refractivity contribution is 7.92. The van der Waals surface area contributed by atoms with Gasteiger partial charge in [-0.2, -0.15) is 9.71 Å². The molecule has 206 valence electrons. The van der Waals surface area contributed by atoms with Crippen LogP contribution in [0.3, 0.4) is 0 Å². The average Bonchev–Trinajstić information content (AvgIpc) is 2.96. The molecule has 4 bridgehead atoms. The molecule has 4 aromatic rings. The third-order valence-corrected chi connectivity index (χ3v) is 9.14. The van der Waals surface area contributed by atoms with Crippen molar-refractivity contribution < 1.29 is 9.29 Å². The van der Waals surface area contributed by atoms with Crippen molar-refractivity contribution in [3.63, 3.8) is 0 Å². The third kappa shape index (κ3) is 6.14.